The summed E-state index contributed by atoms with van der Waals surface area (Å²) in [5.41, 5.74) is 8.06. The molecule has 0 fully saturated rings. The van der Waals surface area contributed by atoms with E-state index in [9.17, 15) is 18.4 Å². The Hall–Kier alpha value is -6.48. The normalized spacial score (nSPS) is 10.9. The van der Waals surface area contributed by atoms with Gasteiger partial charge in [0.1, 0.15) is 18.2 Å². The first kappa shape index (κ1) is 45.9. The van der Waals surface area contributed by atoms with E-state index in [-0.39, 0.29) is 18.6 Å². The van der Waals surface area contributed by atoms with E-state index >= 15 is 0 Å². The zero-order chi connectivity index (χ0) is 41.8. The number of carbonyl (C=O) groups excluding carboxylic acids is 2. The number of rotatable bonds is 9. The number of carbonyl (C=O) groups is 2. The second kappa shape index (κ2) is 21.2. The van der Waals surface area contributed by atoms with Gasteiger partial charge in [0.05, 0.1) is 22.8 Å². The summed E-state index contributed by atoms with van der Waals surface area (Å²) in [6, 6.07) is 29.8. The van der Waals surface area contributed by atoms with Gasteiger partial charge in [0.2, 0.25) is 11.9 Å². The van der Waals surface area contributed by atoms with E-state index in [1.54, 1.807) is 39.0 Å². The maximum atomic E-state index is 14.2. The average molecular weight is 858 g/mol. The molecular weight excluding hydrogens is 810 g/mol. The molecule has 0 radical (unpaired) electrons. The van der Waals surface area contributed by atoms with Gasteiger partial charge in [0.25, 0.3) is 11.8 Å². The topological polar surface area (TPSA) is 148 Å². The van der Waals surface area contributed by atoms with Gasteiger partial charge in [-0.2, -0.15) is 19.0 Å². The van der Waals surface area contributed by atoms with Crippen molar-refractivity contribution in [3.63, 3.8) is 0 Å². The van der Waals surface area contributed by atoms with Gasteiger partial charge in [-0.25, -0.2) is 9.36 Å². The number of nitrogens with zero attached hydrogens (tertiary/aromatic N) is 6. The van der Waals surface area contributed by atoms with Gasteiger partial charge in [0, 0.05) is 36.6 Å². The predicted molar refractivity (Wildman–Crippen MR) is 230 cm³/mol. The average Bonchev–Trinajstić information content (AvgIpc) is 3.64. The van der Waals surface area contributed by atoms with Crippen molar-refractivity contribution in [3.05, 3.63) is 143 Å². The van der Waals surface area contributed by atoms with E-state index in [2.05, 4.69) is 47.1 Å². The summed E-state index contributed by atoms with van der Waals surface area (Å²) >= 11 is 2.94. The van der Waals surface area contributed by atoms with Crippen molar-refractivity contribution in [2.24, 2.45) is 24.4 Å². The number of nitrogens with one attached hydrogen (secondary N) is 2. The van der Waals surface area contributed by atoms with Gasteiger partial charge in [-0.15, -0.1) is 0 Å². The molecule has 0 aliphatic carbocycles. The second-order valence-electron chi connectivity index (χ2n) is 12.4. The lowest BCUT2D eigenvalue weighted by Crippen LogP contribution is -2.15. The third-order valence-electron chi connectivity index (χ3n) is 8.71. The Balaban J connectivity index is 0.000000293. The fraction of sp³-hybridized carbons (Fsp3) is 0.209. The Morgan fingerprint density at radius 1 is 0.672 bits per heavy atom. The molecule has 0 spiro atoms. The molecule has 0 atom stereocenters. The molecule has 12 nitrogen and oxygen atoms in total. The lowest BCUT2D eigenvalue weighted by molar-refractivity contribution is 0.101. The van der Waals surface area contributed by atoms with Gasteiger partial charge >= 0.3 is 0 Å². The minimum Gasteiger partial charge on any atom is -0.411 e. The van der Waals surface area contributed by atoms with E-state index in [1.165, 1.54) is 21.2 Å². The van der Waals surface area contributed by atoms with Crippen molar-refractivity contribution in [3.8, 4) is 22.3 Å². The fourth-order valence-electron chi connectivity index (χ4n) is 5.86. The van der Waals surface area contributed by atoms with Crippen LogP contribution in [0.5, 0.6) is 0 Å². The number of aromatic nitrogens is 4. The lowest BCUT2D eigenvalue weighted by atomic mass is 10.0. The Morgan fingerprint density at radius 2 is 1.03 bits per heavy atom. The van der Waals surface area contributed by atoms with Crippen LogP contribution in [0.4, 0.5) is 20.2 Å². The first-order valence-electron chi connectivity index (χ1n) is 17.4. The smallest absolute Gasteiger partial charge is 0.262 e. The molecule has 0 saturated heterocycles. The van der Waals surface area contributed by atoms with E-state index < -0.39 is 23.7 Å². The van der Waals surface area contributed by atoms with Crippen LogP contribution in [0, 0.1) is 25.7 Å². The molecule has 4 aromatic carbocycles. The molecular formula is C43H47BrF2N8O4. The largest absolute Gasteiger partial charge is 0.411 e. The lowest BCUT2D eigenvalue weighted by Gasteiger charge is -2.12. The number of halogens is 3. The fourth-order valence-corrected chi connectivity index (χ4v) is 5.86. The summed E-state index contributed by atoms with van der Waals surface area (Å²) in [7, 11) is 4.42. The SMILES string of the molecule is C.C/C(=N\O)c1ccc(-c2ccccc2NC(=O)c2c(C)nn(C)c2F)cc1.CBr.CO/N=C(\C)c1ccc(-c2ccccc2NC(=O)c2c(C)nn(C)c2F)cc1. The molecule has 58 heavy (non-hydrogen) atoms. The third-order valence-corrected chi connectivity index (χ3v) is 8.71. The minimum absolute atomic E-state index is 0. The van der Waals surface area contributed by atoms with Crippen LogP contribution in [-0.2, 0) is 18.9 Å². The van der Waals surface area contributed by atoms with Crippen LogP contribution in [0.3, 0.4) is 0 Å². The van der Waals surface area contributed by atoms with Crippen molar-refractivity contribution in [1.29, 1.82) is 0 Å². The Morgan fingerprint density at radius 3 is 1.36 bits per heavy atom. The summed E-state index contributed by atoms with van der Waals surface area (Å²) in [6.45, 7) is 6.76. The zero-order valence-electron chi connectivity index (χ0n) is 32.7. The summed E-state index contributed by atoms with van der Waals surface area (Å²) in [4.78, 5) is 30.0. The number of benzene rings is 4. The third kappa shape index (κ3) is 10.7. The standard InChI is InChI=1S/C21H21FN4O2.C20H19FN4O2.CH3Br.CH4/c1-13(25-28-4)15-9-11-16(12-10-15)17-7-5-6-8-18(17)23-21(27)19-14(2)24-26(3)20(19)22;1-12(24-27)14-8-10-15(11-9-14)16-6-4-5-7-17(16)22-20(26)18-13(2)23-25(3)19(18)21;1-2;/h5-12H,1-4H3,(H,23,27);4-11,27H,1-3H3,(H,22,26);1H3;1H4/b25-13+;24-12+;;. The quantitative estimate of drug-likeness (QED) is 0.0571. The van der Waals surface area contributed by atoms with Crippen molar-refractivity contribution in [1.82, 2.24) is 19.6 Å². The number of amides is 2. The number of anilines is 2. The monoisotopic (exact) mass is 856 g/mol. The Bertz CT molecular complexity index is 2410. The molecule has 6 rings (SSSR count). The maximum Gasteiger partial charge on any atom is 0.262 e. The van der Waals surface area contributed by atoms with Crippen LogP contribution < -0.4 is 10.6 Å². The molecule has 3 N–H and O–H groups in total. The van der Waals surface area contributed by atoms with Crippen LogP contribution in [-0.4, -0.2) is 60.9 Å². The van der Waals surface area contributed by atoms with Gasteiger partial charge in [0.15, 0.2) is 0 Å². The minimum atomic E-state index is -0.675. The first-order valence-corrected chi connectivity index (χ1v) is 19.0. The number of alkyl halides is 1. The molecule has 15 heteroatoms. The summed E-state index contributed by atoms with van der Waals surface area (Å²) in [5.74, 6) is -0.608. The predicted octanol–water partition coefficient (Wildman–Crippen LogP) is 9.79. The molecule has 0 saturated carbocycles. The van der Waals surface area contributed by atoms with Gasteiger partial charge in [-0.3, -0.25) is 9.59 Å². The highest BCUT2D eigenvalue weighted by Gasteiger charge is 2.23. The van der Waals surface area contributed by atoms with Crippen molar-refractivity contribution >= 4 is 50.5 Å². The van der Waals surface area contributed by atoms with E-state index in [0.717, 1.165) is 48.5 Å². The Kier molecular flexibility index (Phi) is 16.7. The first-order chi connectivity index (χ1) is 27.3. The molecule has 2 heterocycles. The van der Waals surface area contributed by atoms with Crippen LogP contribution in [0.1, 0.15) is 64.5 Å². The highest BCUT2D eigenvalue weighted by molar-refractivity contribution is 9.08. The molecule has 304 valence electrons. The molecule has 0 unspecified atom stereocenters. The Labute approximate surface area is 345 Å². The highest BCUT2D eigenvalue weighted by Crippen LogP contribution is 2.30. The van der Waals surface area contributed by atoms with Gasteiger partial charge in [-0.05, 0) is 67.9 Å². The van der Waals surface area contributed by atoms with Crippen LogP contribution in [0.25, 0.3) is 22.3 Å². The molecule has 6 aromatic rings. The van der Waals surface area contributed by atoms with E-state index in [4.69, 9.17) is 10.0 Å². The number of para-hydroxylation sites is 2. The number of aryl methyl sites for hydroxylation is 4. The number of hydrogen-bond acceptors (Lipinski definition) is 8. The van der Waals surface area contributed by atoms with E-state index in [0.29, 0.717) is 28.5 Å². The molecule has 0 aliphatic heterocycles. The summed E-state index contributed by atoms with van der Waals surface area (Å²) in [6.07, 6.45) is 0. The summed E-state index contributed by atoms with van der Waals surface area (Å²) < 4.78 is 30.5. The van der Waals surface area contributed by atoms with Crippen LogP contribution >= 0.6 is 15.9 Å². The van der Waals surface area contributed by atoms with E-state index in [1.807, 2.05) is 91.6 Å². The number of hydrogen-bond donors (Lipinski definition) is 3. The zero-order valence-corrected chi connectivity index (χ0v) is 34.3. The van der Waals surface area contributed by atoms with Crippen LogP contribution in [0.2, 0.25) is 0 Å². The van der Waals surface area contributed by atoms with Gasteiger partial charge in [-0.1, -0.05) is 119 Å². The van der Waals surface area contributed by atoms with Crippen LogP contribution in [0.15, 0.2) is 107 Å². The van der Waals surface area contributed by atoms with Crippen molar-refractivity contribution in [2.45, 2.75) is 35.1 Å². The molecule has 0 aliphatic rings. The molecule has 2 aromatic heterocycles. The van der Waals surface area contributed by atoms with Crippen molar-refractivity contribution < 1.29 is 28.4 Å². The molecule has 2 amide bonds. The molecule has 0 bridgehead atoms. The van der Waals surface area contributed by atoms with Crippen molar-refractivity contribution in [2.75, 3.05) is 23.6 Å². The van der Waals surface area contributed by atoms with Gasteiger partial charge < -0.3 is 20.7 Å². The highest BCUT2D eigenvalue weighted by atomic mass is 79.9. The summed E-state index contributed by atoms with van der Waals surface area (Å²) in [5, 5.41) is 29.5. The maximum absolute atomic E-state index is 14.2. The number of oxime groups is 2. The second-order valence-corrected chi connectivity index (χ2v) is 12.4.